The van der Waals surface area contributed by atoms with Gasteiger partial charge in [-0.25, -0.2) is 4.39 Å². The molecule has 0 bridgehead atoms. The van der Waals surface area contributed by atoms with Gasteiger partial charge in [0.05, 0.1) is 12.0 Å². The van der Waals surface area contributed by atoms with Crippen molar-refractivity contribution < 1.29 is 19.1 Å². The van der Waals surface area contributed by atoms with E-state index in [1.165, 1.54) is 6.07 Å². The lowest BCUT2D eigenvalue weighted by molar-refractivity contribution is -0.138. The molecule has 5 heteroatoms. The van der Waals surface area contributed by atoms with E-state index in [2.05, 4.69) is 5.32 Å². The summed E-state index contributed by atoms with van der Waals surface area (Å²) in [6.45, 7) is 7.04. The number of carboxylic acid groups (broad SMARTS) is 1. The molecule has 1 amide bonds. The zero-order valence-electron chi connectivity index (χ0n) is 12.2. The van der Waals surface area contributed by atoms with Gasteiger partial charge < -0.3 is 10.4 Å². The highest BCUT2D eigenvalue weighted by molar-refractivity contribution is 5.95. The van der Waals surface area contributed by atoms with Crippen LogP contribution in [0.15, 0.2) is 18.2 Å². The van der Waals surface area contributed by atoms with Crippen LogP contribution < -0.4 is 5.32 Å². The van der Waals surface area contributed by atoms with Crippen LogP contribution in [-0.4, -0.2) is 22.5 Å². The van der Waals surface area contributed by atoms with E-state index < -0.39 is 23.2 Å². The molecule has 0 fully saturated rings. The average molecular weight is 281 g/mol. The zero-order chi connectivity index (χ0) is 15.5. The van der Waals surface area contributed by atoms with E-state index in [9.17, 15) is 14.0 Å². The Labute approximate surface area is 118 Å². The highest BCUT2D eigenvalue weighted by Crippen LogP contribution is 2.22. The van der Waals surface area contributed by atoms with E-state index in [4.69, 9.17) is 5.11 Å². The van der Waals surface area contributed by atoms with Crippen molar-refractivity contribution in [2.24, 2.45) is 5.92 Å². The Morgan fingerprint density at radius 3 is 2.40 bits per heavy atom. The van der Waals surface area contributed by atoms with E-state index in [1.54, 1.807) is 19.9 Å². The molecule has 0 aliphatic heterocycles. The highest BCUT2D eigenvalue weighted by atomic mass is 19.1. The van der Waals surface area contributed by atoms with Crippen molar-refractivity contribution in [3.05, 3.63) is 35.1 Å². The summed E-state index contributed by atoms with van der Waals surface area (Å²) >= 11 is 0. The average Bonchev–Trinajstić information content (AvgIpc) is 2.25. The van der Waals surface area contributed by atoms with Gasteiger partial charge in [0, 0.05) is 5.56 Å². The molecule has 0 aliphatic rings. The fraction of sp³-hybridized carbons (Fsp3) is 0.467. The van der Waals surface area contributed by atoms with Crippen LogP contribution in [0.25, 0.3) is 0 Å². The molecule has 0 saturated heterocycles. The second-order valence-corrected chi connectivity index (χ2v) is 5.61. The van der Waals surface area contributed by atoms with Gasteiger partial charge in [0.15, 0.2) is 0 Å². The van der Waals surface area contributed by atoms with Crippen LogP contribution in [-0.2, 0) is 4.79 Å². The third-order valence-corrected chi connectivity index (χ3v) is 3.50. The maximum absolute atomic E-state index is 13.3. The van der Waals surface area contributed by atoms with Crippen molar-refractivity contribution in [1.29, 1.82) is 0 Å². The summed E-state index contributed by atoms with van der Waals surface area (Å²) in [6, 6.07) is 4.04. The van der Waals surface area contributed by atoms with Crippen LogP contribution >= 0.6 is 0 Å². The molecular weight excluding hydrogens is 261 g/mol. The van der Waals surface area contributed by atoms with E-state index in [-0.39, 0.29) is 17.9 Å². The van der Waals surface area contributed by atoms with Crippen LogP contribution in [0.5, 0.6) is 0 Å². The van der Waals surface area contributed by atoms with Gasteiger partial charge in [0.25, 0.3) is 5.91 Å². The minimum absolute atomic E-state index is 0.0720. The normalized spacial score (nSPS) is 13.9. The summed E-state index contributed by atoms with van der Waals surface area (Å²) in [6.07, 6.45) is -0.190. The molecule has 110 valence electrons. The first kappa shape index (κ1) is 16.1. The standard InChI is InChI=1S/C15H20FNO3/c1-9(2)15(4,8-13(18)19)17-14(20)11-5-10(3)6-12(16)7-11/h5-7,9H,8H2,1-4H3,(H,17,20)(H,18,19). The van der Waals surface area contributed by atoms with Gasteiger partial charge in [0.1, 0.15) is 5.82 Å². The van der Waals surface area contributed by atoms with Crippen LogP contribution in [0.4, 0.5) is 4.39 Å². The number of carbonyl (C=O) groups is 2. The number of rotatable bonds is 5. The number of aliphatic carboxylic acids is 1. The van der Waals surface area contributed by atoms with E-state index >= 15 is 0 Å². The van der Waals surface area contributed by atoms with Crippen molar-refractivity contribution in [2.45, 2.75) is 39.7 Å². The topological polar surface area (TPSA) is 66.4 Å². The number of aryl methyl sites for hydroxylation is 1. The lowest BCUT2D eigenvalue weighted by atomic mass is 9.85. The maximum Gasteiger partial charge on any atom is 0.305 e. The molecule has 20 heavy (non-hydrogen) atoms. The van der Waals surface area contributed by atoms with Gasteiger partial charge in [-0.1, -0.05) is 13.8 Å². The summed E-state index contributed by atoms with van der Waals surface area (Å²) in [5.74, 6) is -2.01. The van der Waals surface area contributed by atoms with Crippen molar-refractivity contribution in [3.63, 3.8) is 0 Å². The molecule has 0 aromatic heterocycles. The Morgan fingerprint density at radius 2 is 1.95 bits per heavy atom. The molecule has 1 rings (SSSR count). The Kier molecular flexibility index (Phi) is 4.87. The third kappa shape index (κ3) is 4.05. The smallest absolute Gasteiger partial charge is 0.305 e. The summed E-state index contributed by atoms with van der Waals surface area (Å²) in [4.78, 5) is 23.1. The Morgan fingerprint density at radius 1 is 1.35 bits per heavy atom. The number of hydrogen-bond acceptors (Lipinski definition) is 2. The number of nitrogens with one attached hydrogen (secondary N) is 1. The fourth-order valence-corrected chi connectivity index (χ4v) is 1.91. The Hall–Kier alpha value is -1.91. The van der Waals surface area contributed by atoms with Gasteiger partial charge >= 0.3 is 5.97 Å². The molecule has 2 N–H and O–H groups in total. The van der Waals surface area contributed by atoms with Crippen molar-refractivity contribution in [1.82, 2.24) is 5.32 Å². The highest BCUT2D eigenvalue weighted by Gasteiger charge is 2.33. The molecule has 1 aromatic rings. The zero-order valence-corrected chi connectivity index (χ0v) is 12.2. The predicted molar refractivity (Wildman–Crippen MR) is 74.1 cm³/mol. The van der Waals surface area contributed by atoms with Crippen molar-refractivity contribution >= 4 is 11.9 Å². The number of halogens is 1. The number of carboxylic acids is 1. The van der Waals surface area contributed by atoms with Crippen molar-refractivity contribution in [2.75, 3.05) is 0 Å². The van der Waals surface area contributed by atoms with E-state index in [0.717, 1.165) is 6.07 Å². The molecule has 1 aromatic carbocycles. The molecule has 0 saturated carbocycles. The quantitative estimate of drug-likeness (QED) is 0.872. The molecule has 0 radical (unpaired) electrons. The number of carbonyl (C=O) groups excluding carboxylic acids is 1. The minimum atomic E-state index is -0.989. The fourth-order valence-electron chi connectivity index (χ4n) is 1.91. The van der Waals surface area contributed by atoms with Crippen LogP contribution in [0.3, 0.4) is 0 Å². The third-order valence-electron chi connectivity index (χ3n) is 3.50. The molecule has 1 atom stereocenters. The first-order valence-corrected chi connectivity index (χ1v) is 6.45. The first-order valence-electron chi connectivity index (χ1n) is 6.45. The lowest BCUT2D eigenvalue weighted by Gasteiger charge is -2.33. The second kappa shape index (κ2) is 6.03. The van der Waals surface area contributed by atoms with Crippen LogP contribution in [0.1, 0.15) is 43.1 Å². The molecule has 4 nitrogen and oxygen atoms in total. The Bertz CT molecular complexity index is 508. The molecule has 0 heterocycles. The molecule has 0 aliphatic carbocycles. The van der Waals surface area contributed by atoms with Gasteiger partial charge in [0.2, 0.25) is 0 Å². The number of amides is 1. The minimum Gasteiger partial charge on any atom is -0.481 e. The van der Waals surface area contributed by atoms with Crippen molar-refractivity contribution in [3.8, 4) is 0 Å². The summed E-state index contributed by atoms with van der Waals surface area (Å²) < 4.78 is 13.3. The molecule has 0 spiro atoms. The predicted octanol–water partition coefficient (Wildman–Crippen LogP) is 2.75. The maximum atomic E-state index is 13.3. The summed E-state index contributed by atoms with van der Waals surface area (Å²) in [5, 5.41) is 11.7. The van der Waals surface area contributed by atoms with Crippen LogP contribution in [0, 0.1) is 18.7 Å². The number of benzene rings is 1. The van der Waals surface area contributed by atoms with Gasteiger partial charge in [-0.3, -0.25) is 9.59 Å². The monoisotopic (exact) mass is 281 g/mol. The Balaban J connectivity index is 2.99. The lowest BCUT2D eigenvalue weighted by Crippen LogP contribution is -2.51. The molecular formula is C15H20FNO3. The molecule has 1 unspecified atom stereocenters. The van der Waals surface area contributed by atoms with Gasteiger partial charge in [-0.2, -0.15) is 0 Å². The largest absolute Gasteiger partial charge is 0.481 e. The first-order chi connectivity index (χ1) is 9.14. The summed E-state index contributed by atoms with van der Waals surface area (Å²) in [7, 11) is 0. The number of hydrogen-bond donors (Lipinski definition) is 2. The van der Waals surface area contributed by atoms with Crippen LogP contribution in [0.2, 0.25) is 0 Å². The van der Waals surface area contributed by atoms with E-state index in [0.29, 0.717) is 5.56 Å². The second-order valence-electron chi connectivity index (χ2n) is 5.61. The summed E-state index contributed by atoms with van der Waals surface area (Å²) in [5.41, 5.74) is -0.0530. The SMILES string of the molecule is Cc1cc(F)cc(C(=O)NC(C)(CC(=O)O)C(C)C)c1. The van der Waals surface area contributed by atoms with E-state index in [1.807, 2.05) is 13.8 Å². The van der Waals surface area contributed by atoms with Gasteiger partial charge in [-0.15, -0.1) is 0 Å². The van der Waals surface area contributed by atoms with Gasteiger partial charge in [-0.05, 0) is 43.5 Å².